The molecular weight excluding hydrogens is 358 g/mol. The van der Waals surface area contributed by atoms with Crippen molar-refractivity contribution in [3.8, 4) is 0 Å². The fraction of sp³-hybridized carbons (Fsp3) is 0.333. The zero-order chi connectivity index (χ0) is 19.3. The number of benzene rings is 2. The van der Waals surface area contributed by atoms with Crippen LogP contribution in [-0.4, -0.2) is 47.4 Å². The summed E-state index contributed by atoms with van der Waals surface area (Å²) < 4.78 is 10.9. The lowest BCUT2D eigenvalue weighted by molar-refractivity contribution is -0.0199. The first kappa shape index (κ1) is 18.3. The summed E-state index contributed by atoms with van der Waals surface area (Å²) in [4.78, 5) is 25.6. The quantitative estimate of drug-likeness (QED) is 0.882. The molecule has 28 heavy (non-hydrogen) atoms. The van der Waals surface area contributed by atoms with Crippen LogP contribution in [0.5, 0.6) is 0 Å². The van der Waals surface area contributed by atoms with Gasteiger partial charge in [-0.05, 0) is 17.5 Å². The van der Waals surface area contributed by atoms with E-state index in [4.69, 9.17) is 9.47 Å². The van der Waals surface area contributed by atoms with Gasteiger partial charge in [-0.3, -0.25) is 0 Å². The van der Waals surface area contributed by atoms with Gasteiger partial charge in [0.05, 0.1) is 12.1 Å². The first-order valence-electron chi connectivity index (χ1n) is 9.43. The fourth-order valence-electron chi connectivity index (χ4n) is 3.67. The zero-order valence-electron chi connectivity index (χ0n) is 15.5. The highest BCUT2D eigenvalue weighted by atomic mass is 16.6. The van der Waals surface area contributed by atoms with Gasteiger partial charge >= 0.3 is 12.2 Å². The number of nitrogens with zero attached hydrogens (tertiary/aromatic N) is 2. The molecule has 0 saturated carbocycles. The minimum absolute atomic E-state index is 0.119. The van der Waals surface area contributed by atoms with Crippen LogP contribution in [0.25, 0.3) is 0 Å². The molecule has 7 nitrogen and oxygen atoms in total. The third kappa shape index (κ3) is 3.94. The van der Waals surface area contributed by atoms with Crippen molar-refractivity contribution in [1.82, 2.24) is 15.3 Å². The molecule has 1 N–H and O–H groups in total. The van der Waals surface area contributed by atoms with Crippen LogP contribution in [-0.2, 0) is 22.7 Å². The molecule has 2 heterocycles. The van der Waals surface area contributed by atoms with Crippen molar-refractivity contribution in [3.05, 3.63) is 71.8 Å². The maximum atomic E-state index is 12.8. The molecule has 2 bridgehead atoms. The number of fused-ring (bicyclic) bond motifs is 2. The minimum atomic E-state index is -0.531. The normalized spacial score (nSPS) is 20.7. The molecule has 0 aliphatic carbocycles. The van der Waals surface area contributed by atoms with Gasteiger partial charge < -0.3 is 14.8 Å². The summed E-state index contributed by atoms with van der Waals surface area (Å²) in [5, 5.41) is 6.10. The maximum Gasteiger partial charge on any atom is 0.429 e. The Morgan fingerprint density at radius 3 is 1.64 bits per heavy atom. The molecule has 2 saturated heterocycles. The van der Waals surface area contributed by atoms with Gasteiger partial charge in [-0.25, -0.2) is 19.6 Å². The average Bonchev–Trinajstić information content (AvgIpc) is 3.01. The summed E-state index contributed by atoms with van der Waals surface area (Å²) in [5.74, 6) is 0. The second kappa shape index (κ2) is 8.31. The molecule has 2 atom stereocenters. The van der Waals surface area contributed by atoms with Crippen molar-refractivity contribution >= 4 is 12.2 Å². The Hall–Kier alpha value is -3.06. The molecule has 2 aliphatic heterocycles. The number of piperidine rings is 1. The molecule has 0 spiro atoms. The van der Waals surface area contributed by atoms with Gasteiger partial charge in [-0.15, -0.1) is 0 Å². The van der Waals surface area contributed by atoms with E-state index in [9.17, 15) is 9.59 Å². The van der Waals surface area contributed by atoms with E-state index in [1.165, 1.54) is 10.0 Å². The summed E-state index contributed by atoms with van der Waals surface area (Å²) in [6.45, 7) is 1.57. The molecule has 2 aliphatic rings. The highest BCUT2D eigenvalue weighted by Crippen LogP contribution is 2.29. The van der Waals surface area contributed by atoms with E-state index in [1.54, 1.807) is 0 Å². The molecule has 2 aromatic rings. The maximum absolute atomic E-state index is 12.8. The lowest BCUT2D eigenvalue weighted by atomic mass is 10.1. The van der Waals surface area contributed by atoms with Crippen molar-refractivity contribution in [3.63, 3.8) is 0 Å². The predicted octanol–water partition coefficient (Wildman–Crippen LogP) is 2.92. The van der Waals surface area contributed by atoms with Gasteiger partial charge in [0.25, 0.3) is 0 Å². The zero-order valence-corrected chi connectivity index (χ0v) is 15.5. The van der Waals surface area contributed by atoms with Gasteiger partial charge in [0.2, 0.25) is 0 Å². The van der Waals surface area contributed by atoms with Crippen LogP contribution in [0.15, 0.2) is 60.7 Å². The lowest BCUT2D eigenvalue weighted by Crippen LogP contribution is -2.50. The molecular formula is C21H23N3O4. The molecule has 2 amide bonds. The number of carbonyl (C=O) groups is 2. The number of rotatable bonds is 4. The molecule has 2 unspecified atom stereocenters. The Kier molecular flexibility index (Phi) is 5.43. The van der Waals surface area contributed by atoms with E-state index in [0.717, 1.165) is 11.1 Å². The van der Waals surface area contributed by atoms with Crippen molar-refractivity contribution in [2.45, 2.75) is 31.7 Å². The second-order valence-corrected chi connectivity index (χ2v) is 6.97. The van der Waals surface area contributed by atoms with E-state index in [0.29, 0.717) is 19.5 Å². The number of hydrazine groups is 1. The number of amides is 2. The number of carbonyl (C=O) groups excluding carboxylic acids is 2. The van der Waals surface area contributed by atoms with Crippen molar-refractivity contribution in [1.29, 1.82) is 0 Å². The number of ether oxygens (including phenoxy) is 2. The Morgan fingerprint density at radius 2 is 1.21 bits per heavy atom. The topological polar surface area (TPSA) is 71.1 Å². The molecule has 7 heteroatoms. The molecule has 4 rings (SSSR count). The second-order valence-electron chi connectivity index (χ2n) is 6.97. The van der Waals surface area contributed by atoms with Gasteiger partial charge in [-0.2, -0.15) is 0 Å². The highest BCUT2D eigenvalue weighted by molar-refractivity contribution is 5.76. The van der Waals surface area contributed by atoms with E-state index in [-0.39, 0.29) is 25.3 Å². The van der Waals surface area contributed by atoms with Crippen molar-refractivity contribution in [2.75, 3.05) is 13.1 Å². The number of nitrogens with one attached hydrogen (secondary N) is 1. The van der Waals surface area contributed by atoms with Gasteiger partial charge in [0.15, 0.2) is 0 Å². The van der Waals surface area contributed by atoms with Crippen molar-refractivity contribution < 1.29 is 19.1 Å². The van der Waals surface area contributed by atoms with Crippen LogP contribution >= 0.6 is 0 Å². The Bertz CT molecular complexity index is 747. The smallest absolute Gasteiger partial charge is 0.429 e. The monoisotopic (exact) mass is 381 g/mol. The summed E-state index contributed by atoms with van der Waals surface area (Å²) in [5.41, 5.74) is 1.80. The third-order valence-corrected chi connectivity index (χ3v) is 5.01. The Balaban J connectivity index is 1.43. The van der Waals surface area contributed by atoms with Gasteiger partial charge in [0, 0.05) is 13.1 Å². The van der Waals surface area contributed by atoms with Crippen LogP contribution < -0.4 is 5.32 Å². The third-order valence-electron chi connectivity index (χ3n) is 5.01. The van der Waals surface area contributed by atoms with Crippen LogP contribution in [0.1, 0.15) is 17.5 Å². The van der Waals surface area contributed by atoms with E-state index in [2.05, 4.69) is 5.32 Å². The first-order valence-corrected chi connectivity index (χ1v) is 9.43. The van der Waals surface area contributed by atoms with Crippen LogP contribution in [0, 0.1) is 0 Å². The molecule has 146 valence electrons. The number of hydrogen-bond donors (Lipinski definition) is 1. The van der Waals surface area contributed by atoms with Gasteiger partial charge in [-0.1, -0.05) is 60.7 Å². The molecule has 0 radical (unpaired) electrons. The Labute approximate surface area is 163 Å². The van der Waals surface area contributed by atoms with Gasteiger partial charge in [0.1, 0.15) is 13.2 Å². The molecule has 2 aromatic carbocycles. The SMILES string of the molecule is O=C(OCc1ccccc1)N1C2CNCC(C2)N1C(=O)OCc1ccccc1. The van der Waals surface area contributed by atoms with Crippen LogP contribution in [0.3, 0.4) is 0 Å². The van der Waals surface area contributed by atoms with Crippen molar-refractivity contribution in [2.24, 2.45) is 0 Å². The highest BCUT2D eigenvalue weighted by Gasteiger charge is 2.48. The summed E-state index contributed by atoms with van der Waals surface area (Å²) in [6, 6.07) is 18.7. The molecule has 2 fully saturated rings. The number of hydrogen-bond acceptors (Lipinski definition) is 5. The largest absolute Gasteiger partial charge is 0.443 e. The average molecular weight is 381 g/mol. The van der Waals surface area contributed by atoms with Crippen LogP contribution in [0.4, 0.5) is 9.59 Å². The summed E-state index contributed by atoms with van der Waals surface area (Å²) in [7, 11) is 0. The molecule has 0 aromatic heterocycles. The van der Waals surface area contributed by atoms with E-state index >= 15 is 0 Å². The predicted molar refractivity (Wildman–Crippen MR) is 102 cm³/mol. The minimum Gasteiger partial charge on any atom is -0.443 e. The Morgan fingerprint density at radius 1 is 0.786 bits per heavy atom. The standard InChI is InChI=1S/C21H23N3O4/c25-20(27-14-16-7-3-1-4-8-16)23-18-11-19(13-22-12-18)24(23)21(26)28-15-17-9-5-2-6-10-17/h1-10,18-19,22H,11-15H2. The van der Waals surface area contributed by atoms with E-state index in [1.807, 2.05) is 60.7 Å². The van der Waals surface area contributed by atoms with E-state index < -0.39 is 12.2 Å². The van der Waals surface area contributed by atoms with Crippen LogP contribution in [0.2, 0.25) is 0 Å². The first-order chi connectivity index (χ1) is 13.7. The fourth-order valence-corrected chi connectivity index (χ4v) is 3.67. The summed E-state index contributed by atoms with van der Waals surface area (Å²) >= 11 is 0. The summed E-state index contributed by atoms with van der Waals surface area (Å²) in [6.07, 6.45) is -0.345. The lowest BCUT2D eigenvalue weighted by Gasteiger charge is -2.30.